The molecule has 108 valence electrons. The van der Waals surface area contributed by atoms with Crippen LogP contribution >= 0.6 is 0 Å². The first kappa shape index (κ1) is 13.0. The summed E-state index contributed by atoms with van der Waals surface area (Å²) in [5.41, 5.74) is 5.15. The summed E-state index contributed by atoms with van der Waals surface area (Å²) in [5.74, 6) is 0. The van der Waals surface area contributed by atoms with Crippen LogP contribution in [0.15, 0.2) is 54.8 Å². The third kappa shape index (κ3) is 2.13. The largest absolute Gasteiger partial charge is 0.256 e. The molecule has 22 heavy (non-hydrogen) atoms. The SMILES string of the molecule is Cc1c(-c2ccc3ncccc3c2)nnn1C1=CCCC=C1. The van der Waals surface area contributed by atoms with Crippen molar-refractivity contribution in [2.45, 2.75) is 19.8 Å². The lowest BCUT2D eigenvalue weighted by Crippen LogP contribution is -2.01. The van der Waals surface area contributed by atoms with Crippen molar-refractivity contribution in [1.82, 2.24) is 20.0 Å². The van der Waals surface area contributed by atoms with Crippen LogP contribution in [0.25, 0.3) is 27.9 Å². The molecule has 4 nitrogen and oxygen atoms in total. The van der Waals surface area contributed by atoms with Crippen molar-refractivity contribution in [2.24, 2.45) is 0 Å². The lowest BCUT2D eigenvalue weighted by atomic mass is 10.1. The zero-order chi connectivity index (χ0) is 14.9. The number of allylic oxidation sites excluding steroid dienone is 4. The van der Waals surface area contributed by atoms with Gasteiger partial charge in [0.05, 0.1) is 16.9 Å². The van der Waals surface area contributed by atoms with Crippen LogP contribution in [0.5, 0.6) is 0 Å². The minimum Gasteiger partial charge on any atom is -0.256 e. The first-order chi connectivity index (χ1) is 10.8. The number of rotatable bonds is 2. The highest BCUT2D eigenvalue weighted by Gasteiger charge is 2.13. The second-order valence-corrected chi connectivity index (χ2v) is 5.45. The standard InChI is InChI=1S/C18H16N4/c1-13-18(20-21-22(13)16-7-3-2-4-8-16)15-9-10-17-14(12-15)6-5-11-19-17/h3,5-12H,2,4H2,1H3. The first-order valence-corrected chi connectivity index (χ1v) is 7.47. The Morgan fingerprint density at radius 3 is 2.95 bits per heavy atom. The van der Waals surface area contributed by atoms with E-state index in [1.165, 1.54) is 0 Å². The molecule has 0 saturated carbocycles. The molecule has 0 spiro atoms. The van der Waals surface area contributed by atoms with Gasteiger partial charge >= 0.3 is 0 Å². The van der Waals surface area contributed by atoms with Crippen molar-refractivity contribution < 1.29 is 0 Å². The maximum absolute atomic E-state index is 4.39. The van der Waals surface area contributed by atoms with Crippen molar-refractivity contribution in [2.75, 3.05) is 0 Å². The molecule has 1 aliphatic carbocycles. The number of pyridine rings is 1. The molecule has 0 amide bonds. The van der Waals surface area contributed by atoms with Gasteiger partial charge in [-0.25, -0.2) is 4.68 Å². The third-order valence-corrected chi connectivity index (χ3v) is 3.99. The van der Waals surface area contributed by atoms with Crippen LogP contribution in [-0.2, 0) is 0 Å². The van der Waals surface area contributed by atoms with Gasteiger partial charge in [-0.15, -0.1) is 5.10 Å². The highest BCUT2D eigenvalue weighted by atomic mass is 15.4. The maximum Gasteiger partial charge on any atom is 0.116 e. The highest BCUT2D eigenvalue weighted by Crippen LogP contribution is 2.26. The monoisotopic (exact) mass is 288 g/mol. The van der Waals surface area contributed by atoms with Gasteiger partial charge in [0.25, 0.3) is 0 Å². The molecule has 0 radical (unpaired) electrons. The van der Waals surface area contributed by atoms with E-state index in [1.807, 2.05) is 23.0 Å². The topological polar surface area (TPSA) is 43.6 Å². The Balaban J connectivity index is 1.80. The van der Waals surface area contributed by atoms with E-state index in [9.17, 15) is 0 Å². The Morgan fingerprint density at radius 2 is 2.09 bits per heavy atom. The minimum atomic E-state index is 0.922. The van der Waals surface area contributed by atoms with Gasteiger partial charge in [0, 0.05) is 17.1 Å². The van der Waals surface area contributed by atoms with Crippen LogP contribution in [0.3, 0.4) is 0 Å². The molecule has 0 fully saturated rings. The fourth-order valence-corrected chi connectivity index (χ4v) is 2.82. The number of benzene rings is 1. The zero-order valence-corrected chi connectivity index (χ0v) is 12.4. The number of nitrogens with zero attached hydrogens (tertiary/aromatic N) is 4. The molecule has 1 aromatic carbocycles. The Hall–Kier alpha value is -2.75. The smallest absolute Gasteiger partial charge is 0.116 e. The lowest BCUT2D eigenvalue weighted by Gasteiger charge is -2.08. The number of fused-ring (bicyclic) bond motifs is 1. The van der Waals surface area contributed by atoms with Crippen molar-refractivity contribution in [3.05, 3.63) is 60.5 Å². The average Bonchev–Trinajstić information content (AvgIpc) is 2.97. The van der Waals surface area contributed by atoms with Crippen LogP contribution in [0.4, 0.5) is 0 Å². The molecule has 1 aliphatic rings. The van der Waals surface area contributed by atoms with Crippen molar-refractivity contribution in [1.29, 1.82) is 0 Å². The minimum absolute atomic E-state index is 0.922. The molecular weight excluding hydrogens is 272 g/mol. The van der Waals surface area contributed by atoms with E-state index in [2.05, 4.69) is 58.6 Å². The lowest BCUT2D eigenvalue weighted by molar-refractivity contribution is 0.798. The zero-order valence-electron chi connectivity index (χ0n) is 12.4. The van der Waals surface area contributed by atoms with E-state index >= 15 is 0 Å². The number of aromatic nitrogens is 4. The van der Waals surface area contributed by atoms with Crippen LogP contribution in [0.2, 0.25) is 0 Å². The van der Waals surface area contributed by atoms with Crippen LogP contribution in [0.1, 0.15) is 18.5 Å². The van der Waals surface area contributed by atoms with Gasteiger partial charge in [0.15, 0.2) is 0 Å². The summed E-state index contributed by atoms with van der Waals surface area (Å²) in [5, 5.41) is 9.83. The maximum atomic E-state index is 4.39. The quantitative estimate of drug-likeness (QED) is 0.716. The summed E-state index contributed by atoms with van der Waals surface area (Å²) in [4.78, 5) is 4.36. The summed E-state index contributed by atoms with van der Waals surface area (Å²) >= 11 is 0. The van der Waals surface area contributed by atoms with Crippen molar-refractivity contribution >= 4 is 16.6 Å². The van der Waals surface area contributed by atoms with Crippen molar-refractivity contribution in [3.8, 4) is 11.3 Å². The van der Waals surface area contributed by atoms with Gasteiger partial charge in [-0.1, -0.05) is 29.5 Å². The molecule has 2 aromatic heterocycles. The first-order valence-electron chi connectivity index (χ1n) is 7.47. The Morgan fingerprint density at radius 1 is 1.14 bits per heavy atom. The molecule has 2 heterocycles. The number of hydrogen-bond acceptors (Lipinski definition) is 3. The van der Waals surface area contributed by atoms with Crippen LogP contribution < -0.4 is 0 Å². The molecule has 0 atom stereocenters. The van der Waals surface area contributed by atoms with Crippen LogP contribution in [-0.4, -0.2) is 20.0 Å². The molecule has 3 aromatic rings. The number of hydrogen-bond donors (Lipinski definition) is 0. The third-order valence-electron chi connectivity index (χ3n) is 3.99. The van der Waals surface area contributed by atoms with E-state index in [4.69, 9.17) is 0 Å². The Bertz CT molecular complexity index is 902. The molecule has 0 bridgehead atoms. The predicted octanol–water partition coefficient (Wildman–Crippen LogP) is 3.99. The van der Waals surface area contributed by atoms with E-state index < -0.39 is 0 Å². The van der Waals surface area contributed by atoms with E-state index in [-0.39, 0.29) is 0 Å². The van der Waals surface area contributed by atoms with Gasteiger partial charge in [0.1, 0.15) is 5.69 Å². The molecule has 4 rings (SSSR count). The fraction of sp³-hybridized carbons (Fsp3) is 0.167. The average molecular weight is 288 g/mol. The normalized spacial score (nSPS) is 14.3. The Labute approximate surface area is 128 Å². The van der Waals surface area contributed by atoms with Crippen molar-refractivity contribution in [3.63, 3.8) is 0 Å². The Kier molecular flexibility index (Phi) is 3.07. The summed E-state index contributed by atoms with van der Waals surface area (Å²) in [6, 6.07) is 10.2. The molecule has 0 aliphatic heterocycles. The fourth-order valence-electron chi connectivity index (χ4n) is 2.82. The van der Waals surface area contributed by atoms with Gasteiger partial charge in [-0.2, -0.15) is 0 Å². The molecule has 4 heteroatoms. The van der Waals surface area contributed by atoms with Gasteiger partial charge in [0.2, 0.25) is 0 Å². The molecular formula is C18H16N4. The second-order valence-electron chi connectivity index (χ2n) is 5.45. The van der Waals surface area contributed by atoms with E-state index in [0.29, 0.717) is 0 Å². The van der Waals surface area contributed by atoms with E-state index in [0.717, 1.165) is 46.4 Å². The summed E-state index contributed by atoms with van der Waals surface area (Å²) in [6.45, 7) is 2.06. The summed E-state index contributed by atoms with van der Waals surface area (Å²) in [7, 11) is 0. The highest BCUT2D eigenvalue weighted by molar-refractivity contribution is 5.84. The van der Waals surface area contributed by atoms with E-state index in [1.54, 1.807) is 0 Å². The molecule has 0 N–H and O–H groups in total. The summed E-state index contributed by atoms with van der Waals surface area (Å²) < 4.78 is 1.92. The molecule has 0 saturated heterocycles. The van der Waals surface area contributed by atoms with Gasteiger partial charge in [-0.05, 0) is 44.0 Å². The predicted molar refractivity (Wildman–Crippen MR) is 88.1 cm³/mol. The van der Waals surface area contributed by atoms with Gasteiger partial charge < -0.3 is 0 Å². The second kappa shape index (κ2) is 5.22. The van der Waals surface area contributed by atoms with Crippen LogP contribution in [0, 0.1) is 6.92 Å². The summed E-state index contributed by atoms with van der Waals surface area (Å²) in [6.07, 6.45) is 10.5. The van der Waals surface area contributed by atoms with Gasteiger partial charge in [-0.3, -0.25) is 4.98 Å². The molecule has 0 unspecified atom stereocenters.